The Balaban J connectivity index is 0.00000324. The molecule has 1 rings (SSSR count). The molecule has 4 heteroatoms. The third-order valence-electron chi connectivity index (χ3n) is 2.95. The minimum atomic E-state index is -0.646. The zero-order chi connectivity index (χ0) is 13.2. The van der Waals surface area contributed by atoms with Crippen molar-refractivity contribution in [1.29, 1.82) is 0 Å². The molecule has 0 saturated carbocycles. The molecule has 0 aliphatic carbocycles. The largest absolute Gasteiger partial charge is 0.147 e. The van der Waals surface area contributed by atoms with E-state index in [4.69, 9.17) is 3.07 Å². The van der Waals surface area contributed by atoms with E-state index >= 15 is 0 Å². The van der Waals surface area contributed by atoms with Gasteiger partial charge in [0.15, 0.2) is 0 Å². The van der Waals surface area contributed by atoms with E-state index in [0.29, 0.717) is 5.92 Å². The predicted octanol–water partition coefficient (Wildman–Crippen LogP) is 3.66. The summed E-state index contributed by atoms with van der Waals surface area (Å²) >= 11 is -0.646. The van der Waals surface area contributed by atoms with Crippen LogP contribution in [0.1, 0.15) is 38.2 Å². The quantitative estimate of drug-likeness (QED) is 0.513. The van der Waals surface area contributed by atoms with Crippen LogP contribution in [0.2, 0.25) is 3.93 Å². The molecule has 0 amide bonds. The summed E-state index contributed by atoms with van der Waals surface area (Å²) in [5, 5.41) is 3.32. The monoisotopic (exact) mass is 391 g/mol. The number of halogens is 1. The minimum Gasteiger partial charge on any atom is -0.147 e. The van der Waals surface area contributed by atoms with E-state index < -0.39 is 21.6 Å². The molecule has 2 unspecified atom stereocenters. The Morgan fingerprint density at radius 2 is 1.95 bits per heavy atom. The molecule has 0 aliphatic heterocycles. The third kappa shape index (κ3) is 8.18. The van der Waals surface area contributed by atoms with Crippen LogP contribution in [0.15, 0.2) is 30.3 Å². The molecule has 2 nitrogen and oxygen atoms in total. The van der Waals surface area contributed by atoms with Gasteiger partial charge in [0.25, 0.3) is 0 Å². The Morgan fingerprint density at radius 1 is 1.26 bits per heavy atom. The van der Waals surface area contributed by atoms with Crippen molar-refractivity contribution in [2.75, 3.05) is 20.2 Å². The van der Waals surface area contributed by atoms with Crippen molar-refractivity contribution < 1.29 is 3.07 Å². The zero-order valence-electron chi connectivity index (χ0n) is 12.2. The molecular weight excluding hydrogens is 364 g/mol. The summed E-state index contributed by atoms with van der Waals surface area (Å²) in [6.07, 6.45) is 2.40. The first-order valence-electron chi connectivity index (χ1n) is 6.84. The van der Waals surface area contributed by atoms with Gasteiger partial charge in [-0.05, 0) is 0 Å². The predicted molar refractivity (Wildman–Crippen MR) is 86.4 cm³/mol. The van der Waals surface area contributed by atoms with Crippen LogP contribution in [0.25, 0.3) is 0 Å². The smallest absolute Gasteiger partial charge is 0.147 e. The second kappa shape index (κ2) is 12.0. The SMILES string of the molecule is CCC[O][Sn][CH](C)CC(CNC)c1ccccc1.Cl. The van der Waals surface area contributed by atoms with E-state index in [2.05, 4.69) is 49.5 Å². The van der Waals surface area contributed by atoms with Crippen molar-refractivity contribution in [2.24, 2.45) is 0 Å². The number of rotatable bonds is 9. The van der Waals surface area contributed by atoms with Crippen LogP contribution in [-0.2, 0) is 3.07 Å². The van der Waals surface area contributed by atoms with Gasteiger partial charge in [0, 0.05) is 0 Å². The minimum absolute atomic E-state index is 0. The van der Waals surface area contributed by atoms with Crippen molar-refractivity contribution in [3.05, 3.63) is 35.9 Å². The van der Waals surface area contributed by atoms with Crippen molar-refractivity contribution in [3.8, 4) is 0 Å². The van der Waals surface area contributed by atoms with E-state index in [1.54, 1.807) is 0 Å². The summed E-state index contributed by atoms with van der Waals surface area (Å²) in [5.74, 6) is 0.623. The average Bonchev–Trinajstić information content (AvgIpc) is 2.39. The molecule has 0 spiro atoms. The van der Waals surface area contributed by atoms with Crippen molar-refractivity contribution in [3.63, 3.8) is 0 Å². The summed E-state index contributed by atoms with van der Waals surface area (Å²) < 4.78 is 6.59. The topological polar surface area (TPSA) is 21.3 Å². The Morgan fingerprint density at radius 3 is 2.53 bits per heavy atom. The van der Waals surface area contributed by atoms with Gasteiger partial charge >= 0.3 is 123 Å². The second-order valence-electron chi connectivity index (χ2n) is 4.77. The molecule has 2 atom stereocenters. The molecule has 1 aromatic carbocycles. The summed E-state index contributed by atoms with van der Waals surface area (Å²) in [6, 6.07) is 10.8. The van der Waals surface area contributed by atoms with Crippen LogP contribution < -0.4 is 5.32 Å². The number of nitrogens with one attached hydrogen (secondary N) is 1. The number of hydrogen-bond acceptors (Lipinski definition) is 2. The van der Waals surface area contributed by atoms with E-state index in [1.807, 2.05) is 7.05 Å². The molecular formula is C15H26ClNOSn. The molecule has 108 valence electrons. The van der Waals surface area contributed by atoms with Gasteiger partial charge in [0.05, 0.1) is 0 Å². The molecule has 0 fully saturated rings. The van der Waals surface area contributed by atoms with E-state index in [1.165, 1.54) is 12.0 Å². The van der Waals surface area contributed by atoms with Gasteiger partial charge in [-0.3, -0.25) is 0 Å². The molecule has 0 aromatic heterocycles. The fraction of sp³-hybridized carbons (Fsp3) is 0.600. The zero-order valence-corrected chi connectivity index (χ0v) is 15.9. The summed E-state index contributed by atoms with van der Waals surface area (Å²) in [4.78, 5) is 0. The first-order valence-corrected chi connectivity index (χ1v) is 9.66. The van der Waals surface area contributed by atoms with Gasteiger partial charge < -0.3 is 0 Å². The summed E-state index contributed by atoms with van der Waals surface area (Å²) in [7, 11) is 2.04. The van der Waals surface area contributed by atoms with Crippen LogP contribution in [0.5, 0.6) is 0 Å². The fourth-order valence-corrected chi connectivity index (χ4v) is 4.90. The second-order valence-corrected chi connectivity index (χ2v) is 9.08. The van der Waals surface area contributed by atoms with E-state index in [9.17, 15) is 0 Å². The third-order valence-corrected chi connectivity index (χ3v) is 5.83. The average molecular weight is 391 g/mol. The van der Waals surface area contributed by atoms with Crippen LogP contribution >= 0.6 is 12.4 Å². The van der Waals surface area contributed by atoms with E-state index in [-0.39, 0.29) is 12.4 Å². The maximum Gasteiger partial charge on any atom is -0.147 e. The molecule has 0 heterocycles. The normalized spacial score (nSPS) is 13.6. The molecule has 1 N–H and O–H groups in total. The first kappa shape index (κ1) is 19.2. The summed E-state index contributed by atoms with van der Waals surface area (Å²) in [5.41, 5.74) is 1.45. The van der Waals surface area contributed by atoms with Crippen LogP contribution in [0, 0.1) is 0 Å². The Kier molecular flexibility index (Phi) is 12.2. The number of hydrogen-bond donors (Lipinski definition) is 1. The van der Waals surface area contributed by atoms with Gasteiger partial charge in [-0.2, -0.15) is 0 Å². The van der Waals surface area contributed by atoms with Crippen LogP contribution in [0.4, 0.5) is 0 Å². The van der Waals surface area contributed by atoms with Gasteiger partial charge in [-0.25, -0.2) is 0 Å². The van der Waals surface area contributed by atoms with Crippen molar-refractivity contribution in [1.82, 2.24) is 5.32 Å². The number of benzene rings is 1. The Hall–Kier alpha value is 0.229. The van der Waals surface area contributed by atoms with Crippen LogP contribution in [-0.4, -0.2) is 41.8 Å². The van der Waals surface area contributed by atoms with Crippen molar-refractivity contribution >= 4 is 34.0 Å². The standard InChI is InChI=1S/C12H18N.C3H7O.ClH.Sn/c1-3-7-12(10-13-2)11-8-5-4-6-9-11;1-2-3-4;;/h3-6,8-9,12-13H,7,10H2,1-2H3;2-3H2,1H3;1H;/q;-1;;+1. The molecule has 0 aliphatic rings. The molecule has 19 heavy (non-hydrogen) atoms. The number of likely N-dealkylation sites (N-methyl/N-ethyl adjacent to an activating group) is 1. The maximum absolute atomic E-state index is 5.81. The van der Waals surface area contributed by atoms with Crippen molar-refractivity contribution in [2.45, 2.75) is 36.5 Å². The van der Waals surface area contributed by atoms with E-state index in [0.717, 1.165) is 23.5 Å². The molecule has 1 aromatic rings. The first-order chi connectivity index (χ1) is 8.77. The van der Waals surface area contributed by atoms with Gasteiger partial charge in [-0.1, -0.05) is 0 Å². The molecule has 2 radical (unpaired) electrons. The van der Waals surface area contributed by atoms with Gasteiger partial charge in [0.1, 0.15) is 0 Å². The molecule has 0 saturated heterocycles. The van der Waals surface area contributed by atoms with Gasteiger partial charge in [0.2, 0.25) is 0 Å². The summed E-state index contributed by atoms with van der Waals surface area (Å²) in [6.45, 7) is 6.55. The fourth-order valence-electron chi connectivity index (χ4n) is 2.09. The van der Waals surface area contributed by atoms with Gasteiger partial charge in [-0.15, -0.1) is 12.4 Å². The Labute approximate surface area is 134 Å². The maximum atomic E-state index is 5.81. The van der Waals surface area contributed by atoms with Crippen LogP contribution in [0.3, 0.4) is 0 Å². The molecule has 0 bridgehead atoms. The Bertz CT molecular complexity index is 310.